The van der Waals surface area contributed by atoms with Crippen LogP contribution < -0.4 is 4.90 Å². The molecule has 0 aromatic heterocycles. The van der Waals surface area contributed by atoms with E-state index in [2.05, 4.69) is 20.7 Å². The molecule has 0 bridgehead atoms. The van der Waals surface area contributed by atoms with Crippen LogP contribution in [0.3, 0.4) is 0 Å². The summed E-state index contributed by atoms with van der Waals surface area (Å²) >= 11 is 3.37. The fraction of sp³-hybridized carbons (Fsp3) is 0.300. The van der Waals surface area contributed by atoms with Crippen LogP contribution in [0.2, 0.25) is 0 Å². The maximum Gasteiger partial charge on any atom is 0.413 e. The molecule has 76 valence electrons. The molecule has 0 N–H and O–H groups in total. The molecule has 1 rings (SSSR count). The SMILES string of the molecule is COC(=O)N(C)c1ccccc1CBr. The number of ether oxygens (including phenoxy) is 1. The molecule has 1 amide bonds. The summed E-state index contributed by atoms with van der Waals surface area (Å²) in [6.07, 6.45) is -0.363. The molecular weight excluding hydrogens is 246 g/mol. The Morgan fingerprint density at radius 1 is 1.50 bits per heavy atom. The smallest absolute Gasteiger partial charge is 0.413 e. The molecule has 0 atom stereocenters. The van der Waals surface area contributed by atoms with Crippen molar-refractivity contribution in [1.82, 2.24) is 0 Å². The van der Waals surface area contributed by atoms with Crippen LogP contribution in [0.25, 0.3) is 0 Å². The second-order valence-electron chi connectivity index (χ2n) is 2.79. The van der Waals surface area contributed by atoms with Crippen LogP contribution in [0.5, 0.6) is 0 Å². The molecule has 0 aliphatic heterocycles. The molecule has 1 aromatic carbocycles. The first-order chi connectivity index (χ1) is 6.70. The number of rotatable bonds is 2. The third kappa shape index (κ3) is 2.26. The van der Waals surface area contributed by atoms with Crippen molar-refractivity contribution in [3.05, 3.63) is 29.8 Å². The summed E-state index contributed by atoms with van der Waals surface area (Å²) in [5.41, 5.74) is 1.91. The first-order valence-electron chi connectivity index (χ1n) is 4.16. The van der Waals surface area contributed by atoms with Crippen molar-refractivity contribution in [2.75, 3.05) is 19.1 Å². The Labute approximate surface area is 91.8 Å². The quantitative estimate of drug-likeness (QED) is 0.763. The van der Waals surface area contributed by atoms with Crippen LogP contribution in [0.4, 0.5) is 10.5 Å². The van der Waals surface area contributed by atoms with E-state index in [0.717, 1.165) is 11.3 Å². The third-order valence-corrected chi connectivity index (χ3v) is 2.55. The van der Waals surface area contributed by atoms with Gasteiger partial charge in [0.05, 0.1) is 12.8 Å². The van der Waals surface area contributed by atoms with Gasteiger partial charge in [0, 0.05) is 12.4 Å². The summed E-state index contributed by atoms with van der Waals surface area (Å²) < 4.78 is 4.64. The van der Waals surface area contributed by atoms with Gasteiger partial charge in [0.1, 0.15) is 0 Å². The summed E-state index contributed by atoms with van der Waals surface area (Å²) in [5.74, 6) is 0. The highest BCUT2D eigenvalue weighted by molar-refractivity contribution is 9.08. The lowest BCUT2D eigenvalue weighted by Gasteiger charge is -2.18. The van der Waals surface area contributed by atoms with Crippen LogP contribution in [-0.2, 0) is 10.1 Å². The Kier molecular flexibility index (Phi) is 3.95. The normalized spacial score (nSPS) is 9.64. The summed E-state index contributed by atoms with van der Waals surface area (Å²) in [5, 5.41) is 0.713. The van der Waals surface area contributed by atoms with Gasteiger partial charge in [0.15, 0.2) is 0 Å². The topological polar surface area (TPSA) is 29.5 Å². The first kappa shape index (κ1) is 11.0. The molecule has 0 saturated carbocycles. The Hall–Kier alpha value is -1.03. The van der Waals surface area contributed by atoms with Crippen molar-refractivity contribution in [3.63, 3.8) is 0 Å². The van der Waals surface area contributed by atoms with Crippen LogP contribution in [0.1, 0.15) is 5.56 Å². The van der Waals surface area contributed by atoms with E-state index in [-0.39, 0.29) is 6.09 Å². The predicted octanol–water partition coefficient (Wildman–Crippen LogP) is 2.78. The van der Waals surface area contributed by atoms with Crippen LogP contribution in [0, 0.1) is 0 Å². The molecule has 0 heterocycles. The number of alkyl halides is 1. The highest BCUT2D eigenvalue weighted by Crippen LogP contribution is 2.21. The van der Waals surface area contributed by atoms with Gasteiger partial charge in [-0.25, -0.2) is 4.79 Å². The van der Waals surface area contributed by atoms with E-state index < -0.39 is 0 Å². The van der Waals surface area contributed by atoms with Gasteiger partial charge >= 0.3 is 6.09 Å². The van der Waals surface area contributed by atoms with E-state index in [0.29, 0.717) is 5.33 Å². The van der Waals surface area contributed by atoms with E-state index in [1.54, 1.807) is 7.05 Å². The van der Waals surface area contributed by atoms with Gasteiger partial charge < -0.3 is 4.74 Å². The van der Waals surface area contributed by atoms with Crippen LogP contribution in [0.15, 0.2) is 24.3 Å². The van der Waals surface area contributed by atoms with Gasteiger partial charge in [-0.1, -0.05) is 34.1 Å². The van der Waals surface area contributed by atoms with Crippen molar-refractivity contribution in [2.24, 2.45) is 0 Å². The monoisotopic (exact) mass is 257 g/mol. The fourth-order valence-electron chi connectivity index (χ4n) is 1.19. The molecule has 14 heavy (non-hydrogen) atoms. The molecule has 4 heteroatoms. The summed E-state index contributed by atoms with van der Waals surface area (Å²) in [4.78, 5) is 12.8. The average Bonchev–Trinajstić information content (AvgIpc) is 2.26. The summed E-state index contributed by atoms with van der Waals surface area (Å²) in [6, 6.07) is 7.67. The molecule has 0 fully saturated rings. The van der Waals surface area contributed by atoms with Crippen molar-refractivity contribution in [1.29, 1.82) is 0 Å². The van der Waals surface area contributed by atoms with Crippen molar-refractivity contribution < 1.29 is 9.53 Å². The van der Waals surface area contributed by atoms with Gasteiger partial charge in [-0.2, -0.15) is 0 Å². The number of para-hydroxylation sites is 1. The Balaban J connectivity index is 2.99. The molecule has 0 aliphatic rings. The van der Waals surface area contributed by atoms with Gasteiger partial charge in [-0.3, -0.25) is 4.90 Å². The van der Waals surface area contributed by atoms with Crippen LogP contribution >= 0.6 is 15.9 Å². The second kappa shape index (κ2) is 5.00. The highest BCUT2D eigenvalue weighted by Gasteiger charge is 2.12. The minimum Gasteiger partial charge on any atom is -0.452 e. The molecule has 3 nitrogen and oxygen atoms in total. The maximum atomic E-state index is 11.3. The van der Waals surface area contributed by atoms with Crippen molar-refractivity contribution >= 4 is 27.7 Å². The van der Waals surface area contributed by atoms with Crippen molar-refractivity contribution in [2.45, 2.75) is 5.33 Å². The van der Waals surface area contributed by atoms with Gasteiger partial charge in [-0.05, 0) is 11.6 Å². The molecule has 1 aromatic rings. The molecular formula is C10H12BrNO2. The van der Waals surface area contributed by atoms with Gasteiger partial charge in [0.25, 0.3) is 0 Å². The molecule has 0 aliphatic carbocycles. The first-order valence-corrected chi connectivity index (χ1v) is 5.28. The standard InChI is InChI=1S/C10H12BrNO2/c1-12(10(13)14-2)9-6-4-3-5-8(9)7-11/h3-6H,7H2,1-2H3. The van der Waals surface area contributed by atoms with Crippen LogP contribution in [-0.4, -0.2) is 20.3 Å². The number of hydrogen-bond acceptors (Lipinski definition) is 2. The predicted molar refractivity (Wildman–Crippen MR) is 59.9 cm³/mol. The lowest BCUT2D eigenvalue weighted by molar-refractivity contribution is 0.180. The Morgan fingerprint density at radius 2 is 2.14 bits per heavy atom. The number of benzene rings is 1. The number of methoxy groups -OCH3 is 1. The molecule has 0 unspecified atom stereocenters. The van der Waals surface area contributed by atoms with E-state index in [1.165, 1.54) is 12.0 Å². The van der Waals surface area contributed by atoms with Crippen molar-refractivity contribution in [3.8, 4) is 0 Å². The zero-order chi connectivity index (χ0) is 10.6. The number of hydrogen-bond donors (Lipinski definition) is 0. The molecule has 0 saturated heterocycles. The minimum atomic E-state index is -0.363. The molecule has 0 radical (unpaired) electrons. The Bertz CT molecular complexity index is 328. The second-order valence-corrected chi connectivity index (χ2v) is 3.35. The summed E-state index contributed by atoms with van der Waals surface area (Å²) in [6.45, 7) is 0. The number of carbonyl (C=O) groups excluding carboxylic acids is 1. The lowest BCUT2D eigenvalue weighted by atomic mass is 10.2. The number of carbonyl (C=O) groups is 1. The number of amides is 1. The molecule has 0 spiro atoms. The van der Waals surface area contributed by atoms with E-state index in [4.69, 9.17) is 0 Å². The fourth-order valence-corrected chi connectivity index (χ4v) is 1.66. The third-order valence-electron chi connectivity index (χ3n) is 1.95. The number of halogens is 1. The van der Waals surface area contributed by atoms with E-state index >= 15 is 0 Å². The van der Waals surface area contributed by atoms with Gasteiger partial charge in [0.2, 0.25) is 0 Å². The number of anilines is 1. The summed E-state index contributed by atoms with van der Waals surface area (Å²) in [7, 11) is 3.06. The zero-order valence-electron chi connectivity index (χ0n) is 8.16. The van der Waals surface area contributed by atoms with E-state index in [1.807, 2.05) is 24.3 Å². The highest BCUT2D eigenvalue weighted by atomic mass is 79.9. The number of nitrogens with zero attached hydrogens (tertiary/aromatic N) is 1. The largest absolute Gasteiger partial charge is 0.452 e. The minimum absolute atomic E-state index is 0.363. The maximum absolute atomic E-state index is 11.3. The van der Waals surface area contributed by atoms with E-state index in [9.17, 15) is 4.79 Å². The zero-order valence-corrected chi connectivity index (χ0v) is 9.74. The Morgan fingerprint density at radius 3 is 2.71 bits per heavy atom. The average molecular weight is 258 g/mol. The van der Waals surface area contributed by atoms with Gasteiger partial charge in [-0.15, -0.1) is 0 Å². The lowest BCUT2D eigenvalue weighted by Crippen LogP contribution is -2.26.